The summed E-state index contributed by atoms with van der Waals surface area (Å²) < 4.78 is 37.0. The molecule has 1 saturated heterocycles. The molecule has 1 aliphatic heterocycles. The summed E-state index contributed by atoms with van der Waals surface area (Å²) in [7, 11) is 0. The minimum absolute atomic E-state index is 0.291. The van der Waals surface area contributed by atoms with Crippen molar-refractivity contribution in [2.75, 3.05) is 0 Å². The van der Waals surface area contributed by atoms with E-state index in [1.165, 1.54) is 6.92 Å². The third-order valence-corrected chi connectivity index (χ3v) is 8.38. The molecule has 0 radical (unpaired) electrons. The molecule has 0 unspecified atom stereocenters. The Morgan fingerprint density at radius 3 is 2.56 bits per heavy atom. The SMILES string of the molecule is C[C@H]1OC(=O)[C@]2(c3cc(C(C)(C)C)[nH]n3)CC(F)(F)[C@@H](C)[C@H](C=Cc3ccc(-c4ccccc4C#N)cn3)[C@H]12. The fraction of sp³-hybridized carbons (Fsp3) is 0.419. The Balaban J connectivity index is 1.52. The second-order valence-corrected chi connectivity index (χ2v) is 11.8. The van der Waals surface area contributed by atoms with E-state index in [1.807, 2.05) is 39.0 Å². The van der Waals surface area contributed by atoms with Gasteiger partial charge in [0.1, 0.15) is 11.5 Å². The van der Waals surface area contributed by atoms with Crippen LogP contribution in [0.25, 0.3) is 17.2 Å². The molecule has 0 spiro atoms. The first-order chi connectivity index (χ1) is 18.4. The molecule has 5 atom stereocenters. The molecule has 39 heavy (non-hydrogen) atoms. The summed E-state index contributed by atoms with van der Waals surface area (Å²) in [6.45, 7) is 9.30. The van der Waals surface area contributed by atoms with Crippen LogP contribution in [0.1, 0.15) is 63.7 Å². The second-order valence-electron chi connectivity index (χ2n) is 11.8. The number of pyridine rings is 1. The van der Waals surface area contributed by atoms with Crippen LogP contribution in [0, 0.1) is 29.1 Å². The largest absolute Gasteiger partial charge is 0.462 e. The summed E-state index contributed by atoms with van der Waals surface area (Å²) in [5.74, 6) is -5.96. The van der Waals surface area contributed by atoms with Crippen LogP contribution >= 0.6 is 0 Å². The predicted octanol–water partition coefficient (Wildman–Crippen LogP) is 6.44. The van der Waals surface area contributed by atoms with E-state index >= 15 is 8.78 Å². The lowest BCUT2D eigenvalue weighted by Crippen LogP contribution is -2.56. The number of carbonyl (C=O) groups is 1. The van der Waals surface area contributed by atoms with Crippen molar-refractivity contribution < 1.29 is 18.3 Å². The first-order valence-corrected chi connectivity index (χ1v) is 13.2. The van der Waals surface area contributed by atoms with E-state index in [4.69, 9.17) is 4.74 Å². The zero-order valence-corrected chi connectivity index (χ0v) is 22.7. The number of aromatic amines is 1. The molecule has 1 N–H and O–H groups in total. The van der Waals surface area contributed by atoms with E-state index in [1.54, 1.807) is 49.5 Å². The van der Waals surface area contributed by atoms with Crippen molar-refractivity contribution >= 4 is 12.0 Å². The number of ether oxygens (including phenoxy) is 1. The number of esters is 1. The number of allylic oxidation sites excluding steroid dienone is 1. The van der Waals surface area contributed by atoms with Crippen LogP contribution in [0.4, 0.5) is 8.78 Å². The molecule has 0 bridgehead atoms. The number of nitriles is 1. The van der Waals surface area contributed by atoms with Crippen molar-refractivity contribution in [1.29, 1.82) is 5.26 Å². The van der Waals surface area contributed by atoms with Gasteiger partial charge in [0.25, 0.3) is 5.92 Å². The number of halogens is 2. The number of fused-ring (bicyclic) bond motifs is 1. The van der Waals surface area contributed by atoms with E-state index < -0.39 is 47.6 Å². The Labute approximate surface area is 227 Å². The average molecular weight is 531 g/mol. The van der Waals surface area contributed by atoms with Crippen LogP contribution in [0.5, 0.6) is 0 Å². The van der Waals surface area contributed by atoms with Crippen LogP contribution in [-0.2, 0) is 20.4 Å². The normalized spacial score (nSPS) is 28.2. The van der Waals surface area contributed by atoms with Gasteiger partial charge in [0.15, 0.2) is 0 Å². The van der Waals surface area contributed by atoms with Crippen LogP contribution < -0.4 is 0 Å². The maximum Gasteiger partial charge on any atom is 0.319 e. The predicted molar refractivity (Wildman–Crippen MR) is 144 cm³/mol. The molecule has 2 aromatic heterocycles. The minimum atomic E-state index is -3.12. The molecule has 1 aromatic carbocycles. The van der Waals surface area contributed by atoms with Gasteiger partial charge >= 0.3 is 5.97 Å². The summed E-state index contributed by atoms with van der Waals surface area (Å²) in [6.07, 6.45) is 3.95. The molecular weight excluding hydrogens is 498 g/mol. The molecule has 2 fully saturated rings. The average Bonchev–Trinajstić information content (AvgIpc) is 3.49. The van der Waals surface area contributed by atoms with E-state index in [0.717, 1.165) is 16.8 Å². The molecule has 8 heteroatoms. The summed E-state index contributed by atoms with van der Waals surface area (Å²) in [4.78, 5) is 17.9. The number of rotatable bonds is 4. The first-order valence-electron chi connectivity index (χ1n) is 13.2. The standard InChI is InChI=1S/C31H32F2N4O2/c1-18-23(13-12-22-11-10-21(16-35-22)24-9-7-6-8-20(24)15-34)27-19(2)39-28(38)30(27,17-31(18,32)33)26-14-25(36-37-26)29(3,4)5/h6-14,16,18-19,23,27H,17H2,1-5H3,(H,36,37)/t18-,19+,23-,27-,30-/m0/s1. The van der Waals surface area contributed by atoms with E-state index in [-0.39, 0.29) is 5.41 Å². The topological polar surface area (TPSA) is 91.7 Å². The molecule has 3 heterocycles. The quantitative estimate of drug-likeness (QED) is 0.392. The number of carbonyl (C=O) groups excluding carboxylic acids is 1. The zero-order valence-electron chi connectivity index (χ0n) is 22.7. The number of hydrogen-bond donors (Lipinski definition) is 1. The number of hydrogen-bond acceptors (Lipinski definition) is 5. The number of nitrogens with one attached hydrogen (secondary N) is 1. The highest BCUT2D eigenvalue weighted by molar-refractivity contribution is 5.86. The number of cyclic esters (lactones) is 1. The van der Waals surface area contributed by atoms with Gasteiger partial charge in [-0.2, -0.15) is 10.4 Å². The van der Waals surface area contributed by atoms with Crippen molar-refractivity contribution in [3.05, 3.63) is 77.4 Å². The fourth-order valence-corrected chi connectivity index (χ4v) is 6.13. The van der Waals surface area contributed by atoms with Crippen molar-refractivity contribution in [1.82, 2.24) is 15.2 Å². The van der Waals surface area contributed by atoms with Gasteiger partial charge in [-0.15, -0.1) is 0 Å². The first kappa shape index (κ1) is 26.7. The van der Waals surface area contributed by atoms with Gasteiger partial charge in [-0.05, 0) is 37.1 Å². The number of alkyl halides is 2. The van der Waals surface area contributed by atoms with Gasteiger partial charge in [-0.1, -0.05) is 58.0 Å². The van der Waals surface area contributed by atoms with Crippen molar-refractivity contribution in [3.63, 3.8) is 0 Å². The van der Waals surface area contributed by atoms with E-state index in [2.05, 4.69) is 21.3 Å². The maximum absolute atomic E-state index is 15.7. The van der Waals surface area contributed by atoms with Crippen molar-refractivity contribution in [2.45, 2.75) is 63.9 Å². The summed E-state index contributed by atoms with van der Waals surface area (Å²) in [5, 5.41) is 16.8. The molecule has 0 amide bonds. The van der Waals surface area contributed by atoms with Gasteiger partial charge in [-0.3, -0.25) is 14.9 Å². The van der Waals surface area contributed by atoms with Gasteiger partial charge < -0.3 is 4.74 Å². The Kier molecular flexibility index (Phi) is 6.45. The minimum Gasteiger partial charge on any atom is -0.462 e. The van der Waals surface area contributed by atoms with E-state index in [0.29, 0.717) is 17.0 Å². The molecule has 202 valence electrons. The summed E-state index contributed by atoms with van der Waals surface area (Å²) in [5.41, 5.74) is 1.95. The Hall–Kier alpha value is -3.86. The highest BCUT2D eigenvalue weighted by atomic mass is 19.3. The number of nitrogens with zero attached hydrogens (tertiary/aromatic N) is 3. The molecule has 2 aliphatic rings. The van der Waals surface area contributed by atoms with Crippen molar-refractivity contribution in [3.8, 4) is 17.2 Å². The molecule has 3 aromatic rings. The second kappa shape index (κ2) is 9.41. The lowest BCUT2D eigenvalue weighted by atomic mass is 9.55. The third-order valence-electron chi connectivity index (χ3n) is 8.38. The van der Waals surface area contributed by atoms with Crippen LogP contribution in [0.2, 0.25) is 0 Å². The molecule has 6 nitrogen and oxygen atoms in total. The fourth-order valence-electron chi connectivity index (χ4n) is 6.13. The van der Waals surface area contributed by atoms with Crippen LogP contribution in [0.15, 0.2) is 54.7 Å². The Morgan fingerprint density at radius 2 is 1.92 bits per heavy atom. The highest BCUT2D eigenvalue weighted by Crippen LogP contribution is 2.60. The number of benzene rings is 1. The monoisotopic (exact) mass is 530 g/mol. The summed E-state index contributed by atoms with van der Waals surface area (Å²) >= 11 is 0. The Bertz CT molecular complexity index is 1460. The van der Waals surface area contributed by atoms with Gasteiger partial charge in [0.2, 0.25) is 0 Å². The van der Waals surface area contributed by atoms with Gasteiger partial charge in [-0.25, -0.2) is 8.78 Å². The zero-order chi connectivity index (χ0) is 28.2. The van der Waals surface area contributed by atoms with Crippen molar-refractivity contribution in [2.24, 2.45) is 17.8 Å². The lowest BCUT2D eigenvalue weighted by molar-refractivity contribution is -0.157. The van der Waals surface area contributed by atoms with Gasteiger partial charge in [0.05, 0.1) is 23.0 Å². The summed E-state index contributed by atoms with van der Waals surface area (Å²) in [6, 6.07) is 14.8. The molecule has 1 saturated carbocycles. The molecular formula is C31H32F2N4O2. The maximum atomic E-state index is 15.7. The number of H-pyrrole nitrogens is 1. The number of aromatic nitrogens is 3. The molecule has 1 aliphatic carbocycles. The van der Waals surface area contributed by atoms with Gasteiger partial charge in [0, 0.05) is 46.7 Å². The smallest absolute Gasteiger partial charge is 0.319 e. The third kappa shape index (κ3) is 4.44. The van der Waals surface area contributed by atoms with Crippen LogP contribution in [-0.4, -0.2) is 33.2 Å². The highest BCUT2D eigenvalue weighted by Gasteiger charge is 2.69. The Morgan fingerprint density at radius 1 is 1.18 bits per heavy atom. The van der Waals surface area contributed by atoms with E-state index in [9.17, 15) is 10.1 Å². The van der Waals surface area contributed by atoms with Crippen LogP contribution in [0.3, 0.4) is 0 Å². The molecule has 5 rings (SSSR count). The lowest BCUT2D eigenvalue weighted by Gasteiger charge is -2.47.